The van der Waals surface area contributed by atoms with Crippen LogP contribution in [0.2, 0.25) is 0 Å². The van der Waals surface area contributed by atoms with Gasteiger partial charge >= 0.3 is 0 Å². The van der Waals surface area contributed by atoms with Gasteiger partial charge in [-0.25, -0.2) is 4.39 Å². The Kier molecular flexibility index (Phi) is 5.03. The van der Waals surface area contributed by atoms with Gasteiger partial charge in [-0.2, -0.15) is 0 Å². The lowest BCUT2D eigenvalue weighted by Gasteiger charge is -2.31. The first kappa shape index (κ1) is 15.7. The predicted molar refractivity (Wildman–Crippen MR) is 89.5 cm³/mol. The number of hydrogen-bond donors (Lipinski definition) is 1. The minimum atomic E-state index is -0.333. The fourth-order valence-electron chi connectivity index (χ4n) is 3.01. The third-order valence-electron chi connectivity index (χ3n) is 4.30. The maximum absolute atomic E-state index is 13.2. The Bertz CT molecular complexity index is 651. The molecule has 0 aliphatic carbocycles. The molecule has 0 atom stereocenters. The predicted octanol–water partition coefficient (Wildman–Crippen LogP) is 3.68. The fourth-order valence-corrected chi connectivity index (χ4v) is 3.01. The number of halogens is 1. The molecule has 0 radical (unpaired) electrons. The molecule has 0 unspecified atom stereocenters. The molecule has 0 bridgehead atoms. The summed E-state index contributed by atoms with van der Waals surface area (Å²) in [5, 5.41) is 2.82. The van der Waals surface area contributed by atoms with Crippen LogP contribution < -0.4 is 5.32 Å². The Balaban J connectivity index is 1.49. The first-order valence-corrected chi connectivity index (χ1v) is 8.03. The summed E-state index contributed by atoms with van der Waals surface area (Å²) in [6, 6.07) is 16.4. The molecule has 120 valence electrons. The van der Waals surface area contributed by atoms with Crippen LogP contribution in [0.4, 0.5) is 10.1 Å². The number of nitrogens with zero attached hydrogens (tertiary/aromatic N) is 1. The minimum absolute atomic E-state index is 0.00467. The third kappa shape index (κ3) is 4.39. The smallest absolute Gasteiger partial charge is 0.227 e. The van der Waals surface area contributed by atoms with Crippen molar-refractivity contribution in [2.24, 2.45) is 5.92 Å². The van der Waals surface area contributed by atoms with Gasteiger partial charge < -0.3 is 5.32 Å². The zero-order chi connectivity index (χ0) is 16.1. The lowest BCUT2D eigenvalue weighted by molar-refractivity contribution is -0.121. The maximum Gasteiger partial charge on any atom is 0.227 e. The number of hydrogen-bond acceptors (Lipinski definition) is 2. The minimum Gasteiger partial charge on any atom is -0.326 e. The number of nitrogens with one attached hydrogen (secondary N) is 1. The average molecular weight is 312 g/mol. The maximum atomic E-state index is 13.2. The number of anilines is 1. The van der Waals surface area contributed by atoms with Gasteiger partial charge in [-0.15, -0.1) is 0 Å². The molecule has 1 aliphatic rings. The summed E-state index contributed by atoms with van der Waals surface area (Å²) < 4.78 is 13.2. The van der Waals surface area contributed by atoms with E-state index in [-0.39, 0.29) is 17.6 Å². The lowest BCUT2D eigenvalue weighted by atomic mass is 9.95. The van der Waals surface area contributed by atoms with Gasteiger partial charge in [0.2, 0.25) is 5.91 Å². The van der Waals surface area contributed by atoms with Crippen LogP contribution in [0, 0.1) is 11.7 Å². The molecule has 3 nitrogen and oxygen atoms in total. The van der Waals surface area contributed by atoms with Crippen molar-refractivity contribution in [3.05, 3.63) is 66.0 Å². The van der Waals surface area contributed by atoms with E-state index < -0.39 is 0 Å². The van der Waals surface area contributed by atoms with Gasteiger partial charge in [0.05, 0.1) is 0 Å². The molecule has 1 heterocycles. The Morgan fingerprint density at radius 1 is 1.09 bits per heavy atom. The highest BCUT2D eigenvalue weighted by Crippen LogP contribution is 2.21. The number of amides is 1. The summed E-state index contributed by atoms with van der Waals surface area (Å²) in [5.74, 6) is -0.333. The summed E-state index contributed by atoms with van der Waals surface area (Å²) in [4.78, 5) is 14.7. The van der Waals surface area contributed by atoms with E-state index in [4.69, 9.17) is 0 Å². The van der Waals surface area contributed by atoms with Gasteiger partial charge in [0.25, 0.3) is 0 Å². The van der Waals surface area contributed by atoms with E-state index in [1.165, 1.54) is 17.7 Å². The molecular formula is C19H21FN2O. The number of benzene rings is 2. The molecule has 2 aromatic rings. The highest BCUT2D eigenvalue weighted by atomic mass is 19.1. The standard InChI is InChI=1S/C19H21FN2O/c20-17-7-4-8-18(13-17)21-19(23)16-9-11-22(12-10-16)14-15-5-2-1-3-6-15/h1-8,13,16H,9-12,14H2,(H,21,23). The molecule has 1 N–H and O–H groups in total. The number of carbonyl (C=O) groups excluding carboxylic acids is 1. The Hall–Kier alpha value is -2.20. The molecule has 3 rings (SSSR count). The van der Waals surface area contributed by atoms with Gasteiger partial charge in [0.1, 0.15) is 5.82 Å². The van der Waals surface area contributed by atoms with Gasteiger partial charge in [-0.1, -0.05) is 36.4 Å². The van der Waals surface area contributed by atoms with Crippen molar-refractivity contribution in [2.45, 2.75) is 19.4 Å². The second kappa shape index (κ2) is 7.38. The first-order chi connectivity index (χ1) is 11.2. The van der Waals surface area contributed by atoms with Crippen LogP contribution in [-0.2, 0) is 11.3 Å². The van der Waals surface area contributed by atoms with Crippen LogP contribution >= 0.6 is 0 Å². The molecule has 0 saturated carbocycles. The van der Waals surface area contributed by atoms with Gasteiger partial charge in [0.15, 0.2) is 0 Å². The highest BCUT2D eigenvalue weighted by Gasteiger charge is 2.25. The van der Waals surface area contributed by atoms with Gasteiger partial charge in [0, 0.05) is 18.2 Å². The quantitative estimate of drug-likeness (QED) is 0.934. The number of piperidine rings is 1. The van der Waals surface area contributed by atoms with E-state index in [0.717, 1.165) is 32.5 Å². The third-order valence-corrected chi connectivity index (χ3v) is 4.30. The molecule has 0 aromatic heterocycles. The first-order valence-electron chi connectivity index (χ1n) is 8.03. The van der Waals surface area contributed by atoms with Crippen molar-refractivity contribution < 1.29 is 9.18 Å². The molecule has 1 saturated heterocycles. The molecule has 4 heteroatoms. The second-order valence-electron chi connectivity index (χ2n) is 6.04. The zero-order valence-electron chi connectivity index (χ0n) is 13.0. The van der Waals surface area contributed by atoms with E-state index in [1.807, 2.05) is 6.07 Å². The topological polar surface area (TPSA) is 32.3 Å². The van der Waals surface area contributed by atoms with Crippen molar-refractivity contribution in [3.63, 3.8) is 0 Å². The fraction of sp³-hybridized carbons (Fsp3) is 0.316. The van der Waals surface area contributed by atoms with Crippen molar-refractivity contribution in [2.75, 3.05) is 18.4 Å². The summed E-state index contributed by atoms with van der Waals surface area (Å²) in [6.45, 7) is 2.76. The molecule has 23 heavy (non-hydrogen) atoms. The van der Waals surface area contributed by atoms with Gasteiger partial charge in [-0.3, -0.25) is 9.69 Å². The normalized spacial score (nSPS) is 16.2. The van der Waals surface area contributed by atoms with E-state index in [9.17, 15) is 9.18 Å². The molecular weight excluding hydrogens is 291 g/mol. The zero-order valence-corrected chi connectivity index (χ0v) is 13.0. The summed E-state index contributed by atoms with van der Waals surface area (Å²) in [7, 11) is 0. The Morgan fingerprint density at radius 2 is 1.83 bits per heavy atom. The van der Waals surface area contributed by atoms with Crippen molar-refractivity contribution in [3.8, 4) is 0 Å². The Morgan fingerprint density at radius 3 is 2.52 bits per heavy atom. The average Bonchev–Trinajstić information content (AvgIpc) is 2.56. The molecule has 1 amide bonds. The van der Waals surface area contributed by atoms with Crippen LogP contribution in [0.15, 0.2) is 54.6 Å². The van der Waals surface area contributed by atoms with Crippen LogP contribution in [0.3, 0.4) is 0 Å². The summed E-state index contributed by atoms with van der Waals surface area (Å²) in [5.41, 5.74) is 1.83. The van der Waals surface area contributed by atoms with E-state index in [2.05, 4.69) is 34.5 Å². The van der Waals surface area contributed by atoms with Gasteiger partial charge in [-0.05, 0) is 49.7 Å². The number of likely N-dealkylation sites (tertiary alicyclic amines) is 1. The molecule has 1 fully saturated rings. The highest BCUT2D eigenvalue weighted by molar-refractivity contribution is 5.92. The van der Waals surface area contributed by atoms with Crippen LogP contribution in [0.25, 0.3) is 0 Å². The largest absolute Gasteiger partial charge is 0.326 e. The van der Waals surface area contributed by atoms with E-state index in [0.29, 0.717) is 5.69 Å². The number of rotatable bonds is 4. The second-order valence-corrected chi connectivity index (χ2v) is 6.04. The van der Waals surface area contributed by atoms with E-state index >= 15 is 0 Å². The SMILES string of the molecule is O=C(Nc1cccc(F)c1)C1CCN(Cc2ccccc2)CC1. The monoisotopic (exact) mass is 312 g/mol. The summed E-state index contributed by atoms with van der Waals surface area (Å²) in [6.07, 6.45) is 1.68. The van der Waals surface area contributed by atoms with Crippen molar-refractivity contribution in [1.82, 2.24) is 4.90 Å². The van der Waals surface area contributed by atoms with E-state index in [1.54, 1.807) is 12.1 Å². The molecule has 2 aromatic carbocycles. The Labute approximate surface area is 136 Å². The lowest BCUT2D eigenvalue weighted by Crippen LogP contribution is -2.37. The van der Waals surface area contributed by atoms with Crippen molar-refractivity contribution in [1.29, 1.82) is 0 Å². The summed E-state index contributed by atoms with van der Waals surface area (Å²) >= 11 is 0. The molecule has 1 aliphatic heterocycles. The van der Waals surface area contributed by atoms with Crippen LogP contribution in [0.5, 0.6) is 0 Å². The van der Waals surface area contributed by atoms with Crippen LogP contribution in [-0.4, -0.2) is 23.9 Å². The van der Waals surface area contributed by atoms with Crippen LogP contribution in [0.1, 0.15) is 18.4 Å². The number of carbonyl (C=O) groups is 1. The van der Waals surface area contributed by atoms with Crippen molar-refractivity contribution >= 4 is 11.6 Å². The molecule has 0 spiro atoms.